The predicted molar refractivity (Wildman–Crippen MR) is 155 cm³/mol. The zero-order chi connectivity index (χ0) is 31.7. The molecular formula is C21H22F2N10O8P2S2. The van der Waals surface area contributed by atoms with Crippen LogP contribution in [-0.2, 0) is 43.9 Å². The van der Waals surface area contributed by atoms with Gasteiger partial charge >= 0.3 is 13.5 Å². The van der Waals surface area contributed by atoms with Crippen LogP contribution in [-0.4, -0.2) is 93.9 Å². The molecule has 0 amide bonds. The summed E-state index contributed by atoms with van der Waals surface area (Å²) in [5.74, 6) is 0.0976. The van der Waals surface area contributed by atoms with Gasteiger partial charge in [-0.05, 0) is 22.6 Å². The van der Waals surface area contributed by atoms with Crippen LogP contribution in [0.4, 0.5) is 20.4 Å². The van der Waals surface area contributed by atoms with Crippen molar-refractivity contribution in [3.63, 3.8) is 0 Å². The van der Waals surface area contributed by atoms with Gasteiger partial charge in [0.05, 0.1) is 25.9 Å². The molecule has 5 N–H and O–H groups in total. The van der Waals surface area contributed by atoms with Crippen LogP contribution < -0.4 is 11.5 Å². The van der Waals surface area contributed by atoms with E-state index in [1.165, 1.54) is 28.1 Å². The Kier molecular flexibility index (Phi) is 7.83. The number of imidazole rings is 2. The minimum absolute atomic E-state index is 0.0486. The van der Waals surface area contributed by atoms with E-state index in [1.54, 1.807) is 0 Å². The number of fused-ring (bicyclic) bond motifs is 5. The number of hydrogen-bond acceptors (Lipinski definition) is 16. The third kappa shape index (κ3) is 5.40. The molecule has 3 aliphatic heterocycles. The molecule has 7 rings (SSSR count). The molecule has 3 aliphatic rings. The Morgan fingerprint density at radius 1 is 0.867 bits per heavy atom. The number of nitrogens with two attached hydrogens (primary N) is 2. The van der Waals surface area contributed by atoms with Crippen molar-refractivity contribution in [3.05, 3.63) is 25.3 Å². The van der Waals surface area contributed by atoms with Gasteiger partial charge in [-0.25, -0.2) is 43.2 Å². The largest absolute Gasteiger partial charge is 0.418 e. The topological polar surface area (TPSA) is 232 Å². The number of anilines is 2. The smallest absolute Gasteiger partial charge is 0.382 e. The van der Waals surface area contributed by atoms with E-state index in [1.807, 2.05) is 0 Å². The van der Waals surface area contributed by atoms with Crippen molar-refractivity contribution >= 4 is 70.1 Å². The van der Waals surface area contributed by atoms with E-state index in [0.29, 0.717) is 0 Å². The highest BCUT2D eigenvalue weighted by Gasteiger charge is 2.54. The fourth-order valence-electron chi connectivity index (χ4n) is 5.21. The average molecular weight is 707 g/mol. The second kappa shape index (κ2) is 11.4. The molecule has 3 fully saturated rings. The molecular weight excluding hydrogens is 684 g/mol. The Morgan fingerprint density at radius 2 is 1.44 bits per heavy atom. The highest BCUT2D eigenvalue weighted by molar-refractivity contribution is 8.48. The SMILES string of the molecule is C#S[P@]1(=O)OC[C@H]2O[C@@H](n3cnc4c(N)ncnc43)[C@H](F)[C@@H]2OP(O)(=S)OC[C@H]2O[C@@H](n3cnc4c(N)ncnc43)[C@H](O1)[C@@H]2F. The molecule has 10 atom stereocenters. The number of aromatic nitrogens is 8. The minimum atomic E-state index is -4.43. The zero-order valence-electron chi connectivity index (χ0n) is 22.4. The number of hydrogen-bond donors (Lipinski definition) is 3. The molecule has 0 radical (unpaired) electrons. The Balaban J connectivity index is 1.22. The van der Waals surface area contributed by atoms with Crippen LogP contribution in [0.5, 0.6) is 0 Å². The molecule has 3 saturated heterocycles. The van der Waals surface area contributed by atoms with Gasteiger partial charge in [0.2, 0.25) is 0 Å². The lowest BCUT2D eigenvalue weighted by molar-refractivity contribution is -0.0578. The van der Waals surface area contributed by atoms with Gasteiger partial charge in [0.1, 0.15) is 48.1 Å². The second-order valence-electron chi connectivity index (χ2n) is 9.94. The summed E-state index contributed by atoms with van der Waals surface area (Å²) < 4.78 is 82.3. The number of nitrogens with zero attached hydrogens (tertiary/aromatic N) is 8. The fraction of sp³-hybridized carbons (Fsp3) is 0.476. The number of nitrogen functional groups attached to an aromatic ring is 2. The first-order valence-electron chi connectivity index (χ1n) is 12.9. The maximum absolute atomic E-state index is 16.1. The average Bonchev–Trinajstić information content (AvgIpc) is 3.77. The molecule has 24 heteroatoms. The Hall–Kier alpha value is -2.84. The first kappa shape index (κ1) is 30.8. The quantitative estimate of drug-likeness (QED) is 0.252. The number of rotatable bonds is 2. The van der Waals surface area contributed by atoms with E-state index < -0.39 is 75.9 Å². The van der Waals surface area contributed by atoms with Crippen LogP contribution in [0.25, 0.3) is 22.3 Å². The summed E-state index contributed by atoms with van der Waals surface area (Å²) >= 11 is 5.14. The molecule has 0 aliphatic carbocycles. The second-order valence-corrected chi connectivity index (χ2v) is 16.3. The molecule has 0 spiro atoms. The molecule has 240 valence electrons. The molecule has 1 unspecified atom stereocenters. The molecule has 4 aromatic heterocycles. The van der Waals surface area contributed by atoms with Crippen LogP contribution in [0.15, 0.2) is 25.3 Å². The summed E-state index contributed by atoms with van der Waals surface area (Å²) in [4.78, 5) is 35.2. The highest BCUT2D eigenvalue weighted by Crippen LogP contribution is 2.60. The van der Waals surface area contributed by atoms with Crippen molar-refractivity contribution < 1.29 is 45.8 Å². The summed E-state index contributed by atoms with van der Waals surface area (Å²) in [6.07, 6.45) is -8.15. The maximum Gasteiger partial charge on any atom is 0.418 e. The van der Waals surface area contributed by atoms with Gasteiger partial charge in [-0.2, -0.15) is 0 Å². The van der Waals surface area contributed by atoms with E-state index in [0.717, 1.165) is 6.33 Å². The molecule has 18 nitrogen and oxygen atoms in total. The number of ether oxygens (including phenoxy) is 2. The lowest BCUT2D eigenvalue weighted by Crippen LogP contribution is -2.34. The van der Waals surface area contributed by atoms with Gasteiger partial charge in [0.25, 0.3) is 0 Å². The van der Waals surface area contributed by atoms with E-state index in [-0.39, 0.29) is 44.8 Å². The van der Waals surface area contributed by atoms with E-state index >= 15 is 8.78 Å². The first-order chi connectivity index (χ1) is 21.5. The van der Waals surface area contributed by atoms with Crippen LogP contribution >= 0.6 is 24.3 Å². The molecule has 4 aromatic rings. The number of halogens is 2. The molecule has 45 heavy (non-hydrogen) atoms. The van der Waals surface area contributed by atoms with E-state index in [2.05, 4.69) is 29.9 Å². The molecule has 2 bridgehead atoms. The van der Waals surface area contributed by atoms with Crippen molar-refractivity contribution in [1.29, 1.82) is 0 Å². The Morgan fingerprint density at radius 3 is 2.07 bits per heavy atom. The normalized spacial score (nSPS) is 37.6. The standard InChI is InChI=1S/C21H22F2N10O8P2S2/c1-45-43(35)37-3-9-14(11(23)20(39-9)32-6-30-12-16(24)26-4-28-18(12)32)40-42(34,44)36-2-8-10(22)15(41-43)21(38-8)33-7-31-13-17(25)27-5-29-19(13)33/h1,4-11,14-15,20-21H,2-3H2,(H,34,44)(H2,24,26,28)(H2,25,27,29)/t8-,9-,10-,11-,14-,15-,20-,21-,42?,43-/m1/s1. The van der Waals surface area contributed by atoms with Gasteiger partial charge in [-0.1, -0.05) is 5.69 Å². The fourth-order valence-corrected chi connectivity index (χ4v) is 8.48. The molecule has 0 saturated carbocycles. The van der Waals surface area contributed by atoms with Crippen LogP contribution in [0.2, 0.25) is 0 Å². The molecule has 7 heterocycles. The summed E-state index contributed by atoms with van der Waals surface area (Å²) in [6.45, 7) is -10.1. The zero-order valence-corrected chi connectivity index (χ0v) is 25.8. The van der Waals surface area contributed by atoms with Crippen molar-refractivity contribution in [2.24, 2.45) is 0 Å². The third-order valence-corrected chi connectivity index (χ3v) is 11.4. The summed E-state index contributed by atoms with van der Waals surface area (Å²) in [6, 6.07) is 0. The third-order valence-electron chi connectivity index (χ3n) is 7.29. The van der Waals surface area contributed by atoms with Crippen LogP contribution in [0.1, 0.15) is 12.5 Å². The van der Waals surface area contributed by atoms with Crippen molar-refractivity contribution in [2.45, 2.75) is 49.2 Å². The van der Waals surface area contributed by atoms with Gasteiger partial charge < -0.3 is 30.4 Å². The van der Waals surface area contributed by atoms with Gasteiger partial charge in [-0.15, -0.1) is 0 Å². The lowest BCUT2D eigenvalue weighted by Gasteiger charge is -2.26. The molecule has 0 aromatic carbocycles. The van der Waals surface area contributed by atoms with Gasteiger partial charge in [-0.3, -0.25) is 22.7 Å². The summed E-state index contributed by atoms with van der Waals surface area (Å²) in [5, 5.41) is 0. The van der Waals surface area contributed by atoms with Crippen molar-refractivity contribution in [1.82, 2.24) is 39.0 Å². The van der Waals surface area contributed by atoms with Crippen molar-refractivity contribution in [2.75, 3.05) is 24.7 Å². The van der Waals surface area contributed by atoms with Crippen LogP contribution in [0.3, 0.4) is 0 Å². The van der Waals surface area contributed by atoms with Crippen molar-refractivity contribution in [3.8, 4) is 5.69 Å². The monoisotopic (exact) mass is 706 g/mol. The lowest BCUT2D eigenvalue weighted by atomic mass is 10.1. The highest BCUT2D eigenvalue weighted by atomic mass is 32.7. The Labute approximate surface area is 259 Å². The van der Waals surface area contributed by atoms with Gasteiger partial charge in [0.15, 0.2) is 47.7 Å². The van der Waals surface area contributed by atoms with E-state index in [9.17, 15) is 9.46 Å². The summed E-state index contributed by atoms with van der Waals surface area (Å²) in [5.41, 5.74) is 18.1. The Bertz CT molecular complexity index is 1930. The number of alkyl halides is 2. The minimum Gasteiger partial charge on any atom is -0.382 e. The first-order valence-corrected chi connectivity index (χ1v) is 18.5. The van der Waals surface area contributed by atoms with Gasteiger partial charge in [0, 0.05) is 0 Å². The predicted octanol–water partition coefficient (Wildman–Crippen LogP) is 1.77. The van der Waals surface area contributed by atoms with Crippen LogP contribution in [0, 0.1) is 5.69 Å². The van der Waals surface area contributed by atoms with E-state index in [4.69, 9.17) is 56.5 Å². The summed E-state index contributed by atoms with van der Waals surface area (Å²) in [7, 11) is 0.174. The maximum atomic E-state index is 16.1.